The maximum atomic E-state index is 12.1. The van der Waals surface area contributed by atoms with E-state index in [-0.39, 0.29) is 5.56 Å². The van der Waals surface area contributed by atoms with E-state index in [2.05, 4.69) is 10.3 Å². The highest BCUT2D eigenvalue weighted by Gasteiger charge is 2.13. The van der Waals surface area contributed by atoms with Gasteiger partial charge >= 0.3 is 0 Å². The Bertz CT molecular complexity index is 883. The van der Waals surface area contributed by atoms with Crippen LogP contribution in [-0.4, -0.2) is 4.98 Å². The van der Waals surface area contributed by atoms with Crippen molar-refractivity contribution in [2.45, 2.75) is 0 Å². The van der Waals surface area contributed by atoms with Crippen molar-refractivity contribution in [3.05, 3.63) is 76.6 Å². The lowest BCUT2D eigenvalue weighted by Crippen LogP contribution is -2.12. The summed E-state index contributed by atoms with van der Waals surface area (Å²) in [5.41, 5.74) is 1.24. The summed E-state index contributed by atoms with van der Waals surface area (Å²) in [6.07, 6.45) is 0. The predicted octanol–water partition coefficient (Wildman–Crippen LogP) is 3.79. The molecule has 3 rings (SSSR count). The van der Waals surface area contributed by atoms with Gasteiger partial charge in [-0.15, -0.1) is 0 Å². The van der Waals surface area contributed by atoms with Gasteiger partial charge < -0.3 is 5.32 Å². The van der Waals surface area contributed by atoms with E-state index in [1.165, 1.54) is 11.3 Å². The Morgan fingerprint density at radius 1 is 1.00 bits per heavy atom. The van der Waals surface area contributed by atoms with Gasteiger partial charge in [0, 0.05) is 5.69 Å². The summed E-state index contributed by atoms with van der Waals surface area (Å²) in [6.45, 7) is 0. The summed E-state index contributed by atoms with van der Waals surface area (Å²) in [6, 6.07) is 20.8. The normalized spacial score (nSPS) is 9.95. The van der Waals surface area contributed by atoms with Crippen molar-refractivity contribution >= 4 is 22.2 Å². The number of aromatic nitrogens is 1. The molecular formula is C17H11N3OS. The number of nitriles is 1. The summed E-state index contributed by atoms with van der Waals surface area (Å²) in [4.78, 5) is 16.7. The minimum absolute atomic E-state index is 0.0785. The van der Waals surface area contributed by atoms with E-state index in [0.29, 0.717) is 10.0 Å². The minimum atomic E-state index is -0.515. The van der Waals surface area contributed by atoms with Crippen LogP contribution in [0.2, 0.25) is 0 Å². The molecule has 1 aromatic heterocycles. The molecule has 0 spiro atoms. The number of rotatable bonds is 3. The van der Waals surface area contributed by atoms with Crippen LogP contribution >= 0.6 is 11.3 Å². The lowest BCUT2D eigenvalue weighted by atomic mass is 10.1. The van der Waals surface area contributed by atoms with Gasteiger partial charge in [0.25, 0.3) is 5.56 Å². The number of nitrogens with zero attached hydrogens (tertiary/aromatic N) is 2. The zero-order chi connectivity index (χ0) is 15.4. The molecule has 3 aromatic rings. The molecule has 1 heterocycles. The Labute approximate surface area is 131 Å². The van der Waals surface area contributed by atoms with Crippen LogP contribution in [0, 0.1) is 11.3 Å². The highest BCUT2D eigenvalue weighted by atomic mass is 32.1. The van der Waals surface area contributed by atoms with Crippen LogP contribution in [0.25, 0.3) is 10.4 Å². The van der Waals surface area contributed by atoms with E-state index in [4.69, 9.17) is 0 Å². The SMILES string of the molecule is N#Cc1c(-c2ccccc2)sc(Nc2ccccc2)nc1=O. The van der Waals surface area contributed by atoms with Crippen LogP contribution in [0.3, 0.4) is 0 Å². The first-order valence-electron chi connectivity index (χ1n) is 6.60. The Kier molecular flexibility index (Phi) is 3.95. The number of para-hydroxylation sites is 1. The molecule has 0 fully saturated rings. The smallest absolute Gasteiger partial charge is 0.291 e. The van der Waals surface area contributed by atoms with Gasteiger partial charge in [0.1, 0.15) is 11.6 Å². The van der Waals surface area contributed by atoms with Gasteiger partial charge in [-0.05, 0) is 17.7 Å². The average Bonchev–Trinajstić information content (AvgIpc) is 2.56. The third kappa shape index (κ3) is 2.87. The van der Waals surface area contributed by atoms with Gasteiger partial charge in [0.05, 0.1) is 4.88 Å². The van der Waals surface area contributed by atoms with Gasteiger partial charge in [-0.1, -0.05) is 59.9 Å². The molecule has 4 nitrogen and oxygen atoms in total. The zero-order valence-electron chi connectivity index (χ0n) is 11.5. The van der Waals surface area contributed by atoms with Crippen molar-refractivity contribution < 1.29 is 0 Å². The number of hydrogen-bond acceptors (Lipinski definition) is 5. The molecule has 5 heteroatoms. The van der Waals surface area contributed by atoms with E-state index >= 15 is 0 Å². The van der Waals surface area contributed by atoms with Crippen molar-refractivity contribution in [1.29, 1.82) is 5.26 Å². The minimum Gasteiger partial charge on any atom is -0.331 e. The standard InChI is InChI=1S/C17H11N3OS/c18-11-14-15(12-7-3-1-4-8-12)22-17(20-16(14)21)19-13-9-5-2-6-10-13/h1-10H,(H,19,20,21). The molecule has 0 aliphatic carbocycles. The largest absolute Gasteiger partial charge is 0.331 e. The number of anilines is 2. The third-order valence-electron chi connectivity index (χ3n) is 3.02. The van der Waals surface area contributed by atoms with Crippen molar-refractivity contribution in [1.82, 2.24) is 4.98 Å². The maximum absolute atomic E-state index is 12.1. The first-order valence-corrected chi connectivity index (χ1v) is 7.42. The fraction of sp³-hybridized carbons (Fsp3) is 0. The average molecular weight is 305 g/mol. The molecule has 0 saturated heterocycles. The Morgan fingerprint density at radius 2 is 1.64 bits per heavy atom. The molecule has 0 saturated carbocycles. The number of benzene rings is 2. The quantitative estimate of drug-likeness (QED) is 0.799. The Hall–Kier alpha value is -2.97. The summed E-state index contributed by atoms with van der Waals surface area (Å²) in [5, 5.41) is 12.8. The lowest BCUT2D eigenvalue weighted by Gasteiger charge is -2.07. The number of hydrogen-bond donors (Lipinski definition) is 1. The molecule has 1 N–H and O–H groups in total. The summed E-state index contributed by atoms with van der Waals surface area (Å²) in [7, 11) is 0. The second kappa shape index (κ2) is 6.20. The fourth-order valence-corrected chi connectivity index (χ4v) is 2.99. The monoisotopic (exact) mass is 305 g/mol. The van der Waals surface area contributed by atoms with Gasteiger partial charge in [-0.3, -0.25) is 4.79 Å². The summed E-state index contributed by atoms with van der Waals surface area (Å²) in [5.74, 6) is 0. The second-order valence-electron chi connectivity index (χ2n) is 4.50. The van der Waals surface area contributed by atoms with Gasteiger partial charge in [0.15, 0.2) is 5.13 Å². The van der Waals surface area contributed by atoms with Crippen molar-refractivity contribution in [2.24, 2.45) is 0 Å². The van der Waals surface area contributed by atoms with Crippen LogP contribution in [0.1, 0.15) is 5.56 Å². The van der Waals surface area contributed by atoms with E-state index in [1.807, 2.05) is 66.7 Å². The Balaban J connectivity index is 2.10. The van der Waals surface area contributed by atoms with Crippen LogP contribution in [-0.2, 0) is 0 Å². The van der Waals surface area contributed by atoms with Crippen molar-refractivity contribution in [3.63, 3.8) is 0 Å². The first kappa shape index (κ1) is 14.0. The molecule has 0 radical (unpaired) electrons. The first-order chi connectivity index (χ1) is 10.8. The molecule has 2 aromatic carbocycles. The van der Waals surface area contributed by atoms with E-state index in [1.54, 1.807) is 0 Å². The molecule has 0 aliphatic heterocycles. The van der Waals surface area contributed by atoms with E-state index in [9.17, 15) is 10.1 Å². The maximum Gasteiger partial charge on any atom is 0.291 e. The highest BCUT2D eigenvalue weighted by Crippen LogP contribution is 2.30. The molecular weight excluding hydrogens is 294 g/mol. The zero-order valence-corrected chi connectivity index (χ0v) is 12.3. The summed E-state index contributed by atoms with van der Waals surface area (Å²) >= 11 is 1.29. The van der Waals surface area contributed by atoms with Gasteiger partial charge in [-0.2, -0.15) is 10.2 Å². The molecule has 0 bridgehead atoms. The van der Waals surface area contributed by atoms with Crippen LogP contribution in [0.4, 0.5) is 10.8 Å². The topological polar surface area (TPSA) is 65.8 Å². The van der Waals surface area contributed by atoms with Gasteiger partial charge in [-0.25, -0.2) is 0 Å². The van der Waals surface area contributed by atoms with Gasteiger partial charge in [0.2, 0.25) is 0 Å². The second-order valence-corrected chi connectivity index (χ2v) is 5.50. The van der Waals surface area contributed by atoms with Crippen molar-refractivity contribution in [2.75, 3.05) is 5.32 Å². The van der Waals surface area contributed by atoms with E-state index < -0.39 is 5.56 Å². The fourth-order valence-electron chi connectivity index (χ4n) is 2.01. The molecule has 0 amide bonds. The molecule has 0 atom stereocenters. The van der Waals surface area contributed by atoms with E-state index in [0.717, 1.165) is 11.3 Å². The number of nitrogens with one attached hydrogen (secondary N) is 1. The lowest BCUT2D eigenvalue weighted by molar-refractivity contribution is 1.25. The van der Waals surface area contributed by atoms with Crippen LogP contribution in [0.5, 0.6) is 0 Å². The molecule has 0 unspecified atom stereocenters. The highest BCUT2D eigenvalue weighted by molar-refractivity contribution is 7.18. The van der Waals surface area contributed by atoms with Crippen molar-refractivity contribution in [3.8, 4) is 16.5 Å². The summed E-state index contributed by atoms with van der Waals surface area (Å²) < 4.78 is 0. The molecule has 0 aliphatic rings. The van der Waals surface area contributed by atoms with Crippen LogP contribution in [0.15, 0.2) is 65.5 Å². The third-order valence-corrected chi connectivity index (χ3v) is 4.05. The predicted molar refractivity (Wildman–Crippen MR) is 88.3 cm³/mol. The molecule has 22 heavy (non-hydrogen) atoms. The van der Waals surface area contributed by atoms with Crippen LogP contribution < -0.4 is 10.9 Å². The Morgan fingerprint density at radius 3 is 2.27 bits per heavy atom. The molecule has 106 valence electrons.